The summed E-state index contributed by atoms with van der Waals surface area (Å²) in [6.07, 6.45) is 1.45. The van der Waals surface area contributed by atoms with E-state index in [0.29, 0.717) is 37.7 Å². The Kier molecular flexibility index (Phi) is 11.3. The molecule has 1 aromatic carbocycles. The summed E-state index contributed by atoms with van der Waals surface area (Å²) in [5, 5.41) is 9.28. The fourth-order valence-electron chi connectivity index (χ4n) is 2.12. The zero-order chi connectivity index (χ0) is 20.8. The van der Waals surface area contributed by atoms with E-state index in [1.54, 1.807) is 13.2 Å². The highest BCUT2D eigenvalue weighted by Gasteiger charge is 2.13. The fourth-order valence-corrected chi connectivity index (χ4v) is 2.12. The number of benzene rings is 1. The molecule has 0 unspecified atom stereocenters. The number of esters is 1. The van der Waals surface area contributed by atoms with Crippen LogP contribution in [0.15, 0.2) is 23.8 Å². The minimum absolute atomic E-state index is 0.0482. The molecule has 0 aliphatic heterocycles. The van der Waals surface area contributed by atoms with Crippen LogP contribution >= 0.6 is 0 Å². The van der Waals surface area contributed by atoms with Crippen LogP contribution in [0, 0.1) is 11.3 Å². The van der Waals surface area contributed by atoms with Gasteiger partial charge in [-0.2, -0.15) is 5.26 Å². The van der Waals surface area contributed by atoms with Crippen LogP contribution in [0.2, 0.25) is 0 Å². The van der Waals surface area contributed by atoms with E-state index >= 15 is 0 Å². The number of hydrogen-bond acceptors (Lipinski definition) is 8. The second-order valence-electron chi connectivity index (χ2n) is 5.84. The maximum Gasteiger partial charge on any atom is 0.348 e. The zero-order valence-corrected chi connectivity index (χ0v) is 16.9. The molecule has 8 heteroatoms. The highest BCUT2D eigenvalue weighted by molar-refractivity contribution is 5.98. The quantitative estimate of drug-likeness (QED) is 0.218. The van der Waals surface area contributed by atoms with Gasteiger partial charge in [-0.3, -0.25) is 0 Å². The molecule has 0 N–H and O–H groups in total. The van der Waals surface area contributed by atoms with E-state index in [1.807, 2.05) is 37.2 Å². The minimum Gasteiger partial charge on any atom is -0.496 e. The standard InChI is InChI=1S/C20H28N2O6/c1-22(2)18-6-5-16(19(14-18)25-4)13-17(15-21)20(23)28-12-11-27-10-9-26-8-7-24-3/h5-6,13-14H,7-12H2,1-4H3. The molecule has 154 valence electrons. The highest BCUT2D eigenvalue weighted by Crippen LogP contribution is 2.26. The van der Waals surface area contributed by atoms with Crippen molar-refractivity contribution in [2.24, 2.45) is 0 Å². The lowest BCUT2D eigenvalue weighted by Gasteiger charge is -2.15. The first-order valence-corrected chi connectivity index (χ1v) is 8.82. The minimum atomic E-state index is -0.707. The van der Waals surface area contributed by atoms with Gasteiger partial charge >= 0.3 is 5.97 Å². The molecule has 0 radical (unpaired) electrons. The molecule has 0 saturated carbocycles. The van der Waals surface area contributed by atoms with Crippen molar-refractivity contribution in [2.75, 3.05) is 72.9 Å². The molecular weight excluding hydrogens is 364 g/mol. The third-order valence-electron chi connectivity index (χ3n) is 3.64. The summed E-state index contributed by atoms with van der Waals surface area (Å²) in [4.78, 5) is 14.0. The maximum atomic E-state index is 12.1. The van der Waals surface area contributed by atoms with Gasteiger partial charge in [0.05, 0.1) is 40.1 Å². The van der Waals surface area contributed by atoms with E-state index in [-0.39, 0.29) is 18.8 Å². The van der Waals surface area contributed by atoms with Crippen molar-refractivity contribution in [3.8, 4) is 11.8 Å². The van der Waals surface area contributed by atoms with Gasteiger partial charge in [0.15, 0.2) is 0 Å². The van der Waals surface area contributed by atoms with Gasteiger partial charge in [-0.1, -0.05) is 0 Å². The summed E-state index contributed by atoms with van der Waals surface area (Å²) in [6.45, 7) is 2.13. The predicted octanol–water partition coefficient (Wildman–Crippen LogP) is 1.89. The van der Waals surface area contributed by atoms with Gasteiger partial charge in [0.2, 0.25) is 0 Å². The Morgan fingerprint density at radius 2 is 1.71 bits per heavy atom. The van der Waals surface area contributed by atoms with Crippen LogP contribution in [-0.2, 0) is 23.7 Å². The summed E-state index contributed by atoms with van der Waals surface area (Å²) < 4.78 is 25.8. The molecule has 28 heavy (non-hydrogen) atoms. The van der Waals surface area contributed by atoms with E-state index < -0.39 is 5.97 Å². The summed E-state index contributed by atoms with van der Waals surface area (Å²) in [5.41, 5.74) is 1.45. The van der Waals surface area contributed by atoms with E-state index in [2.05, 4.69) is 0 Å². The van der Waals surface area contributed by atoms with Gasteiger partial charge in [0.1, 0.15) is 24.0 Å². The topological polar surface area (TPSA) is 90.2 Å². The van der Waals surface area contributed by atoms with Gasteiger partial charge in [-0.15, -0.1) is 0 Å². The molecule has 8 nitrogen and oxygen atoms in total. The summed E-state index contributed by atoms with van der Waals surface area (Å²) >= 11 is 0. The van der Waals surface area contributed by atoms with Gasteiger partial charge in [-0.05, 0) is 18.2 Å². The smallest absolute Gasteiger partial charge is 0.348 e. The summed E-state index contributed by atoms with van der Waals surface area (Å²) in [7, 11) is 6.96. The molecule has 0 bridgehead atoms. The first-order chi connectivity index (χ1) is 13.5. The van der Waals surface area contributed by atoms with Gasteiger partial charge < -0.3 is 28.6 Å². The average Bonchev–Trinajstić information content (AvgIpc) is 2.70. The SMILES string of the molecule is COCCOCCOCCOC(=O)C(C#N)=Cc1ccc(N(C)C)cc1OC. The van der Waals surface area contributed by atoms with Gasteiger partial charge in [0.25, 0.3) is 0 Å². The molecule has 0 aliphatic rings. The number of nitrogens with zero attached hydrogens (tertiary/aromatic N) is 2. The molecule has 0 aliphatic carbocycles. The first kappa shape index (κ1) is 23.4. The van der Waals surface area contributed by atoms with Crippen molar-refractivity contribution >= 4 is 17.7 Å². The third-order valence-corrected chi connectivity index (χ3v) is 3.64. The second-order valence-corrected chi connectivity index (χ2v) is 5.84. The number of hydrogen-bond donors (Lipinski definition) is 0. The Morgan fingerprint density at radius 3 is 2.29 bits per heavy atom. The van der Waals surface area contributed by atoms with E-state index in [9.17, 15) is 10.1 Å². The normalized spacial score (nSPS) is 11.0. The predicted molar refractivity (Wildman–Crippen MR) is 105 cm³/mol. The van der Waals surface area contributed by atoms with Gasteiger partial charge in [0, 0.05) is 38.5 Å². The monoisotopic (exact) mass is 392 g/mol. The Hall–Kier alpha value is -2.60. The van der Waals surface area contributed by atoms with Crippen LogP contribution in [0.4, 0.5) is 5.69 Å². The van der Waals surface area contributed by atoms with Crippen molar-refractivity contribution in [3.63, 3.8) is 0 Å². The second kappa shape index (κ2) is 13.6. The molecule has 0 spiro atoms. The maximum absolute atomic E-state index is 12.1. The molecule has 1 rings (SSSR count). The van der Waals surface area contributed by atoms with Crippen LogP contribution in [0.1, 0.15) is 5.56 Å². The van der Waals surface area contributed by atoms with Crippen molar-refractivity contribution < 1.29 is 28.5 Å². The van der Waals surface area contributed by atoms with Crippen LogP contribution in [-0.4, -0.2) is 73.9 Å². The lowest BCUT2D eigenvalue weighted by atomic mass is 10.1. The molecular formula is C20H28N2O6. The highest BCUT2D eigenvalue weighted by atomic mass is 16.6. The summed E-state index contributed by atoms with van der Waals surface area (Å²) in [5.74, 6) is -0.148. The third kappa shape index (κ3) is 8.39. The van der Waals surface area contributed by atoms with Crippen molar-refractivity contribution in [1.82, 2.24) is 0 Å². The van der Waals surface area contributed by atoms with E-state index in [1.165, 1.54) is 13.2 Å². The number of ether oxygens (including phenoxy) is 5. The Morgan fingerprint density at radius 1 is 1.07 bits per heavy atom. The molecule has 0 saturated heterocycles. The van der Waals surface area contributed by atoms with Crippen LogP contribution in [0.3, 0.4) is 0 Å². The molecule has 0 fully saturated rings. The number of methoxy groups -OCH3 is 2. The molecule has 0 aromatic heterocycles. The Balaban J connectivity index is 2.52. The molecule has 0 amide bonds. The number of carbonyl (C=O) groups excluding carboxylic acids is 1. The average molecular weight is 392 g/mol. The van der Waals surface area contributed by atoms with Crippen molar-refractivity contribution in [3.05, 3.63) is 29.3 Å². The number of carbonyl (C=O) groups is 1. The Labute approximate surface area is 166 Å². The lowest BCUT2D eigenvalue weighted by molar-refractivity contribution is -0.140. The number of nitriles is 1. The van der Waals surface area contributed by atoms with E-state index in [4.69, 9.17) is 23.7 Å². The molecule has 0 heterocycles. The summed E-state index contributed by atoms with van der Waals surface area (Å²) in [6, 6.07) is 7.35. The van der Waals surface area contributed by atoms with Crippen LogP contribution < -0.4 is 9.64 Å². The number of rotatable bonds is 13. The lowest BCUT2D eigenvalue weighted by Crippen LogP contribution is -2.14. The van der Waals surface area contributed by atoms with Crippen LogP contribution in [0.25, 0.3) is 6.08 Å². The van der Waals surface area contributed by atoms with Gasteiger partial charge in [-0.25, -0.2) is 4.79 Å². The zero-order valence-electron chi connectivity index (χ0n) is 16.9. The number of anilines is 1. The van der Waals surface area contributed by atoms with Crippen molar-refractivity contribution in [2.45, 2.75) is 0 Å². The largest absolute Gasteiger partial charge is 0.496 e. The van der Waals surface area contributed by atoms with Crippen molar-refractivity contribution in [1.29, 1.82) is 5.26 Å². The Bertz CT molecular complexity index is 682. The molecule has 1 aromatic rings. The fraction of sp³-hybridized carbons (Fsp3) is 0.500. The van der Waals surface area contributed by atoms with Crippen LogP contribution in [0.5, 0.6) is 5.75 Å². The molecule has 0 atom stereocenters. The first-order valence-electron chi connectivity index (χ1n) is 8.82. The van der Waals surface area contributed by atoms with E-state index in [0.717, 1.165) is 5.69 Å².